The van der Waals surface area contributed by atoms with Crippen molar-refractivity contribution in [1.29, 1.82) is 0 Å². The molecule has 8 nitrogen and oxygen atoms in total. The number of carbonyl (C=O) groups excluding carboxylic acids is 2. The number of halogens is 3. The van der Waals surface area contributed by atoms with Gasteiger partial charge in [0.25, 0.3) is 11.8 Å². The second-order valence-electron chi connectivity index (χ2n) is 8.37. The fraction of sp³-hybridized carbons (Fsp3) is 0.375. The molecule has 2 aromatic rings. The molecule has 2 N–H and O–H groups in total. The molecule has 1 fully saturated rings. The molecule has 186 valence electrons. The van der Waals surface area contributed by atoms with Crippen LogP contribution in [-0.4, -0.2) is 57.7 Å². The minimum absolute atomic E-state index is 0.00589. The van der Waals surface area contributed by atoms with Gasteiger partial charge in [0.15, 0.2) is 0 Å². The number of ether oxygens (including phenoxy) is 1. The van der Waals surface area contributed by atoms with E-state index in [1.165, 1.54) is 6.07 Å². The highest BCUT2D eigenvalue weighted by molar-refractivity contribution is 5.95. The van der Waals surface area contributed by atoms with Gasteiger partial charge in [-0.3, -0.25) is 9.59 Å². The van der Waals surface area contributed by atoms with Crippen LogP contribution in [0.25, 0.3) is 0 Å². The van der Waals surface area contributed by atoms with Crippen molar-refractivity contribution in [2.75, 3.05) is 26.4 Å². The van der Waals surface area contributed by atoms with Crippen LogP contribution in [0.15, 0.2) is 65.6 Å². The van der Waals surface area contributed by atoms with E-state index in [0.29, 0.717) is 32.4 Å². The smallest absolute Gasteiger partial charge is 0.396 e. The fourth-order valence-corrected chi connectivity index (χ4v) is 4.38. The van der Waals surface area contributed by atoms with Crippen LogP contribution in [0, 0.1) is 0 Å². The fourth-order valence-electron chi connectivity index (χ4n) is 4.38. The van der Waals surface area contributed by atoms with Gasteiger partial charge in [0.2, 0.25) is 5.62 Å². The van der Waals surface area contributed by atoms with E-state index in [2.05, 4.69) is 9.98 Å². The molecule has 1 aliphatic heterocycles. The summed E-state index contributed by atoms with van der Waals surface area (Å²) < 4.78 is 46.2. The van der Waals surface area contributed by atoms with E-state index in [4.69, 9.17) is 4.74 Å². The van der Waals surface area contributed by atoms with Gasteiger partial charge < -0.3 is 24.3 Å². The molecule has 2 amide bonds. The topological polar surface area (TPSA) is 99.9 Å². The van der Waals surface area contributed by atoms with Gasteiger partial charge in [-0.1, -0.05) is 18.2 Å². The predicted molar refractivity (Wildman–Crippen MR) is 119 cm³/mol. The van der Waals surface area contributed by atoms with E-state index >= 15 is 0 Å². The number of benzene rings is 1. The van der Waals surface area contributed by atoms with Crippen LogP contribution in [0.4, 0.5) is 13.2 Å². The second kappa shape index (κ2) is 10.0. The van der Waals surface area contributed by atoms with Gasteiger partial charge in [-0.25, -0.2) is 0 Å². The van der Waals surface area contributed by atoms with Crippen LogP contribution in [0.1, 0.15) is 35.2 Å². The number of nitrogens with one attached hydrogen (secondary N) is 1. The standard InChI is InChI=1S/C24H25F3N4O4/c25-24(26,27)18-5-1-4-17(14-18)21(34)29-22-28-9-10-31(22)23(8-3-12-32)7-2-6-19(15-23)30-11-13-35-16-20(30)33/h1-2,4-7,9-10,14,32H,3,8,11-13,15-16H2,(H,28,29,34). The van der Waals surface area contributed by atoms with Crippen LogP contribution >= 0.6 is 0 Å². The maximum atomic E-state index is 13.1. The zero-order valence-corrected chi connectivity index (χ0v) is 18.8. The second-order valence-corrected chi connectivity index (χ2v) is 8.37. The first-order valence-electron chi connectivity index (χ1n) is 11.1. The first kappa shape index (κ1) is 24.7. The average Bonchev–Trinajstić information content (AvgIpc) is 3.31. The number of aromatic amines is 1. The third-order valence-electron chi connectivity index (χ3n) is 6.07. The van der Waals surface area contributed by atoms with Crippen molar-refractivity contribution in [2.45, 2.75) is 31.0 Å². The van der Waals surface area contributed by atoms with Crippen LogP contribution in [0.5, 0.6) is 0 Å². The summed E-state index contributed by atoms with van der Waals surface area (Å²) >= 11 is 0. The van der Waals surface area contributed by atoms with Crippen molar-refractivity contribution in [3.05, 3.63) is 77.3 Å². The lowest BCUT2D eigenvalue weighted by molar-refractivity contribution is -0.140. The molecule has 1 aromatic heterocycles. The number of alkyl halides is 3. The molecule has 0 radical (unpaired) electrons. The Balaban J connectivity index is 1.70. The molecule has 0 bridgehead atoms. The molecule has 4 rings (SSSR count). The molecule has 1 unspecified atom stereocenters. The summed E-state index contributed by atoms with van der Waals surface area (Å²) in [6.07, 6.45) is 5.55. The number of morpholine rings is 1. The molecule has 1 aromatic carbocycles. The number of amides is 2. The lowest BCUT2D eigenvalue weighted by Gasteiger charge is -2.39. The van der Waals surface area contributed by atoms with Gasteiger partial charge in [-0.2, -0.15) is 18.2 Å². The monoisotopic (exact) mass is 490 g/mol. The Morgan fingerprint density at radius 3 is 2.89 bits per heavy atom. The molecular formula is C24H25F3N4O4. The summed E-state index contributed by atoms with van der Waals surface area (Å²) in [6.45, 7) is 0.761. The van der Waals surface area contributed by atoms with Crippen molar-refractivity contribution < 1.29 is 32.6 Å². The summed E-state index contributed by atoms with van der Waals surface area (Å²) in [7, 11) is 0. The molecule has 11 heteroatoms. The minimum Gasteiger partial charge on any atom is -0.396 e. The van der Waals surface area contributed by atoms with Crippen molar-refractivity contribution in [3.63, 3.8) is 0 Å². The first-order valence-corrected chi connectivity index (χ1v) is 11.1. The number of aromatic nitrogens is 2. The Kier molecular flexibility index (Phi) is 7.08. The van der Waals surface area contributed by atoms with Gasteiger partial charge in [-0.15, -0.1) is 0 Å². The normalized spacial score (nSPS) is 21.4. The first-order chi connectivity index (χ1) is 16.7. The van der Waals surface area contributed by atoms with Crippen LogP contribution < -0.4 is 5.62 Å². The number of H-pyrrole nitrogens is 1. The summed E-state index contributed by atoms with van der Waals surface area (Å²) in [4.78, 5) is 33.8. The predicted octanol–water partition coefficient (Wildman–Crippen LogP) is 2.75. The summed E-state index contributed by atoms with van der Waals surface area (Å²) in [5.74, 6) is -0.985. The number of allylic oxidation sites excluding steroid dienone is 4. The highest BCUT2D eigenvalue weighted by Gasteiger charge is 2.36. The SMILES string of the molecule is O=C(/N=c1\[nH]ccn1C1(CCCO)C=CC=C(N2CCOCC2=O)C1)c1cccc(C(F)(F)F)c1. The lowest BCUT2D eigenvalue weighted by Crippen LogP contribution is -2.46. The van der Waals surface area contributed by atoms with Crippen molar-refractivity contribution in [3.8, 4) is 0 Å². The lowest BCUT2D eigenvalue weighted by atomic mass is 9.84. The van der Waals surface area contributed by atoms with Crippen molar-refractivity contribution in [2.24, 2.45) is 4.99 Å². The molecular weight excluding hydrogens is 465 g/mol. The molecule has 0 saturated carbocycles. The summed E-state index contributed by atoms with van der Waals surface area (Å²) in [5.41, 5.74) is -0.980. The number of hydrogen-bond donors (Lipinski definition) is 2. The number of hydrogen-bond acceptors (Lipinski definition) is 4. The van der Waals surface area contributed by atoms with Crippen LogP contribution in [0.2, 0.25) is 0 Å². The van der Waals surface area contributed by atoms with E-state index in [0.717, 1.165) is 23.9 Å². The largest absolute Gasteiger partial charge is 0.416 e. The molecule has 2 aliphatic rings. The molecule has 35 heavy (non-hydrogen) atoms. The Labute approximate surface area is 199 Å². The number of nitrogens with zero attached hydrogens (tertiary/aromatic N) is 3. The van der Waals surface area contributed by atoms with E-state index in [-0.39, 0.29) is 30.3 Å². The van der Waals surface area contributed by atoms with Gasteiger partial charge in [0.05, 0.1) is 17.7 Å². The van der Waals surface area contributed by atoms with Gasteiger partial charge >= 0.3 is 6.18 Å². The van der Waals surface area contributed by atoms with E-state index in [9.17, 15) is 27.9 Å². The van der Waals surface area contributed by atoms with Gasteiger partial charge in [0, 0.05) is 43.2 Å². The maximum Gasteiger partial charge on any atom is 0.416 e. The number of carbonyl (C=O) groups is 2. The number of rotatable bonds is 6. The van der Waals surface area contributed by atoms with Gasteiger partial charge in [-0.05, 0) is 37.1 Å². The number of imidazole rings is 1. The van der Waals surface area contributed by atoms with Crippen molar-refractivity contribution >= 4 is 11.8 Å². The third-order valence-corrected chi connectivity index (χ3v) is 6.07. The maximum absolute atomic E-state index is 13.1. The highest BCUT2D eigenvalue weighted by Crippen LogP contribution is 2.36. The number of aliphatic hydroxyl groups is 1. The van der Waals surface area contributed by atoms with E-state index in [1.54, 1.807) is 21.9 Å². The Bertz CT molecular complexity index is 1230. The van der Waals surface area contributed by atoms with Crippen LogP contribution in [0.3, 0.4) is 0 Å². The van der Waals surface area contributed by atoms with E-state index in [1.807, 2.05) is 18.2 Å². The molecule has 1 saturated heterocycles. The molecule has 1 aliphatic carbocycles. The minimum atomic E-state index is -4.58. The number of aliphatic hydroxyl groups excluding tert-OH is 1. The zero-order valence-electron chi connectivity index (χ0n) is 18.8. The zero-order chi connectivity index (χ0) is 25.1. The van der Waals surface area contributed by atoms with Crippen molar-refractivity contribution in [1.82, 2.24) is 14.5 Å². The summed E-state index contributed by atoms with van der Waals surface area (Å²) in [6, 6.07) is 4.10. The van der Waals surface area contributed by atoms with Crippen LogP contribution in [-0.2, 0) is 21.2 Å². The van der Waals surface area contributed by atoms with Gasteiger partial charge in [0.1, 0.15) is 6.61 Å². The highest BCUT2D eigenvalue weighted by atomic mass is 19.4. The molecule has 2 heterocycles. The third kappa shape index (κ3) is 5.30. The Morgan fingerprint density at radius 2 is 2.14 bits per heavy atom. The molecule has 0 spiro atoms. The average molecular weight is 490 g/mol. The Morgan fingerprint density at radius 1 is 1.31 bits per heavy atom. The molecule has 1 atom stereocenters. The van der Waals surface area contributed by atoms with E-state index < -0.39 is 23.2 Å². The summed E-state index contributed by atoms with van der Waals surface area (Å²) in [5, 5.41) is 9.51. The Hall–Kier alpha value is -3.44. The quantitative estimate of drug-likeness (QED) is 0.651.